The number of halogens is 1. The Labute approximate surface area is 119 Å². The van der Waals surface area contributed by atoms with Gasteiger partial charge in [-0.25, -0.2) is 0 Å². The van der Waals surface area contributed by atoms with Gasteiger partial charge < -0.3 is 10.2 Å². The fourth-order valence-corrected chi connectivity index (χ4v) is 3.29. The molecule has 0 amide bonds. The van der Waals surface area contributed by atoms with E-state index in [9.17, 15) is 0 Å². The van der Waals surface area contributed by atoms with Crippen molar-refractivity contribution in [1.29, 1.82) is 0 Å². The molecule has 1 aromatic carbocycles. The van der Waals surface area contributed by atoms with Crippen LogP contribution in [0.25, 0.3) is 0 Å². The van der Waals surface area contributed by atoms with Gasteiger partial charge in [-0.05, 0) is 53.5 Å². The van der Waals surface area contributed by atoms with Crippen molar-refractivity contribution < 1.29 is 0 Å². The number of nitrogens with zero attached hydrogens (tertiary/aromatic N) is 1. The Morgan fingerprint density at radius 3 is 2.39 bits per heavy atom. The number of rotatable bonds is 3. The van der Waals surface area contributed by atoms with Crippen molar-refractivity contribution in [2.75, 3.05) is 25.0 Å². The average Bonchev–Trinajstić information content (AvgIpc) is 2.30. The van der Waals surface area contributed by atoms with E-state index in [-0.39, 0.29) is 0 Å². The molecule has 2 rings (SSSR count). The van der Waals surface area contributed by atoms with Crippen molar-refractivity contribution in [3.05, 3.63) is 28.2 Å². The first kappa shape index (κ1) is 13.9. The van der Waals surface area contributed by atoms with Gasteiger partial charge in [0, 0.05) is 24.1 Å². The van der Waals surface area contributed by atoms with Crippen molar-refractivity contribution in [3.8, 4) is 0 Å². The predicted octanol–water partition coefficient (Wildman–Crippen LogP) is 3.94. The van der Waals surface area contributed by atoms with Crippen LogP contribution in [0.2, 0.25) is 0 Å². The lowest BCUT2D eigenvalue weighted by molar-refractivity contribution is 0.556. The molecular weight excluding hydrogens is 288 g/mol. The molecule has 2 nitrogen and oxygen atoms in total. The predicted molar refractivity (Wildman–Crippen MR) is 82.2 cm³/mol. The summed E-state index contributed by atoms with van der Waals surface area (Å²) in [6.07, 6.45) is 6.82. The van der Waals surface area contributed by atoms with E-state index < -0.39 is 0 Å². The molecule has 1 saturated heterocycles. The Hall–Kier alpha value is -0.540. The fourth-order valence-electron chi connectivity index (χ4n) is 2.61. The minimum atomic E-state index is 0.929. The number of nitrogens with one attached hydrogen (secondary N) is 1. The largest absolute Gasteiger partial charge is 0.371 e. The van der Waals surface area contributed by atoms with Crippen LogP contribution in [0.1, 0.15) is 37.7 Å². The van der Waals surface area contributed by atoms with E-state index in [0.29, 0.717) is 0 Å². The van der Waals surface area contributed by atoms with Crippen LogP contribution in [0.5, 0.6) is 0 Å². The van der Waals surface area contributed by atoms with Crippen molar-refractivity contribution >= 4 is 21.6 Å². The van der Waals surface area contributed by atoms with E-state index in [0.717, 1.165) is 6.54 Å². The number of benzene rings is 1. The quantitative estimate of drug-likeness (QED) is 0.909. The Morgan fingerprint density at radius 1 is 1.11 bits per heavy atom. The van der Waals surface area contributed by atoms with Crippen LogP contribution in [-0.4, -0.2) is 20.1 Å². The Kier molecular flexibility index (Phi) is 5.51. The Balaban J connectivity index is 2.10. The molecular formula is C15H23BrN2. The molecule has 100 valence electrons. The van der Waals surface area contributed by atoms with Gasteiger partial charge in [0.2, 0.25) is 0 Å². The minimum absolute atomic E-state index is 0.929. The van der Waals surface area contributed by atoms with Gasteiger partial charge in [-0.2, -0.15) is 0 Å². The molecule has 1 N–H and O–H groups in total. The summed E-state index contributed by atoms with van der Waals surface area (Å²) in [5.74, 6) is 0. The van der Waals surface area contributed by atoms with Crippen LogP contribution in [-0.2, 0) is 6.54 Å². The standard InChI is InChI=1S/C15H23BrN2/c1-17-12-13-7-8-15(14(16)11-13)18-9-5-3-2-4-6-10-18/h7-8,11,17H,2-6,9-10,12H2,1H3. The fraction of sp³-hybridized carbons (Fsp3) is 0.600. The molecule has 1 heterocycles. The maximum atomic E-state index is 3.73. The summed E-state index contributed by atoms with van der Waals surface area (Å²) in [6.45, 7) is 3.33. The van der Waals surface area contributed by atoms with Crippen LogP contribution >= 0.6 is 15.9 Å². The maximum Gasteiger partial charge on any atom is 0.0510 e. The Bertz CT molecular complexity index is 371. The molecule has 0 saturated carbocycles. The van der Waals surface area contributed by atoms with Gasteiger partial charge in [0.1, 0.15) is 0 Å². The topological polar surface area (TPSA) is 15.3 Å². The Morgan fingerprint density at radius 2 is 1.78 bits per heavy atom. The third-order valence-electron chi connectivity index (χ3n) is 3.59. The van der Waals surface area contributed by atoms with Gasteiger partial charge in [-0.1, -0.05) is 25.3 Å². The summed E-state index contributed by atoms with van der Waals surface area (Å²) >= 11 is 3.73. The zero-order valence-corrected chi connectivity index (χ0v) is 12.8. The molecule has 0 aromatic heterocycles. The SMILES string of the molecule is CNCc1ccc(N2CCCCCCC2)c(Br)c1. The van der Waals surface area contributed by atoms with Gasteiger partial charge in [0.25, 0.3) is 0 Å². The minimum Gasteiger partial charge on any atom is -0.371 e. The van der Waals surface area contributed by atoms with Gasteiger partial charge in [-0.15, -0.1) is 0 Å². The van der Waals surface area contributed by atoms with Crippen LogP contribution in [0.4, 0.5) is 5.69 Å². The molecule has 1 aliphatic rings. The molecule has 0 aliphatic carbocycles. The smallest absolute Gasteiger partial charge is 0.0510 e. The summed E-state index contributed by atoms with van der Waals surface area (Å²) in [7, 11) is 1.99. The number of hydrogen-bond acceptors (Lipinski definition) is 2. The average molecular weight is 311 g/mol. The first-order valence-corrected chi connectivity index (χ1v) is 7.78. The summed E-state index contributed by atoms with van der Waals surface area (Å²) in [6, 6.07) is 6.73. The second kappa shape index (κ2) is 7.15. The molecule has 3 heteroatoms. The third-order valence-corrected chi connectivity index (χ3v) is 4.22. The molecule has 1 aliphatic heterocycles. The van der Waals surface area contributed by atoms with Gasteiger partial charge in [-0.3, -0.25) is 0 Å². The van der Waals surface area contributed by atoms with Crippen LogP contribution in [0, 0.1) is 0 Å². The molecule has 1 aromatic rings. The van der Waals surface area contributed by atoms with Gasteiger partial charge in [0.15, 0.2) is 0 Å². The van der Waals surface area contributed by atoms with E-state index in [4.69, 9.17) is 0 Å². The highest BCUT2D eigenvalue weighted by Crippen LogP contribution is 2.29. The molecule has 0 atom stereocenters. The van der Waals surface area contributed by atoms with Gasteiger partial charge in [0.05, 0.1) is 5.69 Å². The van der Waals surface area contributed by atoms with Crippen molar-refractivity contribution in [3.63, 3.8) is 0 Å². The second-order valence-electron chi connectivity index (χ2n) is 5.07. The summed E-state index contributed by atoms with van der Waals surface area (Å²) < 4.78 is 1.23. The molecule has 0 radical (unpaired) electrons. The zero-order chi connectivity index (χ0) is 12.8. The molecule has 18 heavy (non-hydrogen) atoms. The van der Waals surface area contributed by atoms with E-state index >= 15 is 0 Å². The monoisotopic (exact) mass is 310 g/mol. The van der Waals surface area contributed by atoms with E-state index in [2.05, 4.69) is 44.3 Å². The lowest BCUT2D eigenvalue weighted by Gasteiger charge is -2.28. The van der Waals surface area contributed by atoms with Crippen molar-refractivity contribution in [1.82, 2.24) is 5.32 Å². The number of hydrogen-bond donors (Lipinski definition) is 1. The summed E-state index contributed by atoms with van der Waals surface area (Å²) in [5, 5.41) is 3.19. The highest BCUT2D eigenvalue weighted by atomic mass is 79.9. The summed E-state index contributed by atoms with van der Waals surface area (Å²) in [5.41, 5.74) is 2.69. The molecule has 0 spiro atoms. The third kappa shape index (κ3) is 3.72. The van der Waals surface area contributed by atoms with Crippen molar-refractivity contribution in [2.45, 2.75) is 38.6 Å². The maximum absolute atomic E-state index is 3.73. The normalized spacial score (nSPS) is 17.3. The van der Waals surface area contributed by atoms with E-state index in [1.165, 1.54) is 60.9 Å². The van der Waals surface area contributed by atoms with E-state index in [1.54, 1.807) is 0 Å². The molecule has 0 bridgehead atoms. The van der Waals surface area contributed by atoms with Crippen LogP contribution in [0.3, 0.4) is 0 Å². The van der Waals surface area contributed by atoms with Crippen LogP contribution < -0.4 is 10.2 Å². The summed E-state index contributed by atoms with van der Waals surface area (Å²) in [4.78, 5) is 2.53. The van der Waals surface area contributed by atoms with Crippen molar-refractivity contribution in [2.24, 2.45) is 0 Å². The first-order valence-electron chi connectivity index (χ1n) is 6.99. The lowest BCUT2D eigenvalue weighted by Crippen LogP contribution is -2.27. The highest BCUT2D eigenvalue weighted by Gasteiger charge is 2.12. The number of anilines is 1. The second-order valence-corrected chi connectivity index (χ2v) is 5.93. The first-order chi connectivity index (χ1) is 8.81. The molecule has 1 fully saturated rings. The highest BCUT2D eigenvalue weighted by molar-refractivity contribution is 9.10. The lowest BCUT2D eigenvalue weighted by atomic mass is 10.1. The molecule has 0 unspecified atom stereocenters. The van der Waals surface area contributed by atoms with Crippen LogP contribution in [0.15, 0.2) is 22.7 Å². The zero-order valence-electron chi connectivity index (χ0n) is 11.2. The van der Waals surface area contributed by atoms with Gasteiger partial charge >= 0.3 is 0 Å². The van der Waals surface area contributed by atoms with E-state index in [1.807, 2.05) is 7.05 Å².